The number of rotatable bonds is 7. The largest absolute Gasteiger partial charge is 0.356 e. The van der Waals surface area contributed by atoms with E-state index in [2.05, 4.69) is 32.9 Å². The van der Waals surface area contributed by atoms with Crippen LogP contribution in [-0.2, 0) is 21.1 Å². The highest BCUT2D eigenvalue weighted by molar-refractivity contribution is 7.91. The molecule has 1 aromatic rings. The molecule has 2 heterocycles. The molecule has 0 spiro atoms. The van der Waals surface area contributed by atoms with Crippen LogP contribution in [0, 0.1) is 13.8 Å². The quantitative estimate of drug-likeness (QED) is 0.443. The molecule has 1 atom stereocenters. The summed E-state index contributed by atoms with van der Waals surface area (Å²) in [4.78, 5) is 21.8. The van der Waals surface area contributed by atoms with E-state index in [9.17, 15) is 13.2 Å². The van der Waals surface area contributed by atoms with Gasteiger partial charge in [-0.3, -0.25) is 9.79 Å². The maximum Gasteiger partial charge on any atom is 0.222 e. The number of nitrogens with one attached hydrogen (secondary N) is 3. The van der Waals surface area contributed by atoms with E-state index < -0.39 is 9.84 Å². The molecule has 3 N–H and O–H groups in total. The van der Waals surface area contributed by atoms with E-state index in [-0.39, 0.29) is 29.9 Å². The maximum absolute atomic E-state index is 11.9. The Bertz CT molecular complexity index is 738. The van der Waals surface area contributed by atoms with Crippen molar-refractivity contribution >= 4 is 33.0 Å². The first-order chi connectivity index (χ1) is 12.3. The van der Waals surface area contributed by atoms with E-state index in [1.165, 1.54) is 4.88 Å². The lowest BCUT2D eigenvalue weighted by Crippen LogP contribution is -2.41. The van der Waals surface area contributed by atoms with Crippen LogP contribution in [0.3, 0.4) is 0 Å². The standard InChI is InChI=1S/C16H27N5O3S2/c1-11-12(2)25-15(20-11)5-8-19-16(17-3)18-7-4-14(22)21-13-6-9-26(23,24)10-13/h13H,4-10H2,1-3H3,(H,21,22)(H2,17,18,19). The first kappa shape index (κ1) is 20.6. The van der Waals surface area contributed by atoms with Gasteiger partial charge in [0.1, 0.15) is 0 Å². The van der Waals surface area contributed by atoms with Crippen LogP contribution in [0.15, 0.2) is 4.99 Å². The van der Waals surface area contributed by atoms with E-state index in [0.717, 1.165) is 17.1 Å². The number of hydrogen-bond acceptors (Lipinski definition) is 6. The fraction of sp³-hybridized carbons (Fsp3) is 0.688. The summed E-state index contributed by atoms with van der Waals surface area (Å²) in [5.41, 5.74) is 1.08. The van der Waals surface area contributed by atoms with Gasteiger partial charge >= 0.3 is 0 Å². The van der Waals surface area contributed by atoms with Gasteiger partial charge < -0.3 is 16.0 Å². The number of nitrogens with zero attached hydrogens (tertiary/aromatic N) is 2. The van der Waals surface area contributed by atoms with E-state index in [4.69, 9.17) is 0 Å². The normalized spacial score (nSPS) is 19.3. The summed E-state index contributed by atoms with van der Waals surface area (Å²) in [7, 11) is -1.30. The van der Waals surface area contributed by atoms with Crippen molar-refractivity contribution in [3.8, 4) is 0 Å². The maximum atomic E-state index is 11.9. The minimum absolute atomic E-state index is 0.0467. The average molecular weight is 402 g/mol. The Morgan fingerprint density at radius 1 is 1.31 bits per heavy atom. The third kappa shape index (κ3) is 6.56. The van der Waals surface area contributed by atoms with Crippen molar-refractivity contribution in [2.45, 2.75) is 39.2 Å². The zero-order chi connectivity index (χ0) is 19.2. The van der Waals surface area contributed by atoms with Crippen molar-refractivity contribution in [3.05, 3.63) is 15.6 Å². The molecule has 1 aliphatic heterocycles. The Labute approximate surface area is 158 Å². The summed E-state index contributed by atoms with van der Waals surface area (Å²) < 4.78 is 22.8. The number of aryl methyl sites for hydroxylation is 2. The molecule has 8 nitrogen and oxygen atoms in total. The number of thiazole rings is 1. The van der Waals surface area contributed by atoms with Gasteiger partial charge in [-0.05, 0) is 20.3 Å². The molecule has 1 aliphatic rings. The highest BCUT2D eigenvalue weighted by Crippen LogP contribution is 2.16. The van der Waals surface area contributed by atoms with Gasteiger partial charge in [0.25, 0.3) is 0 Å². The van der Waals surface area contributed by atoms with Crippen molar-refractivity contribution in [1.82, 2.24) is 20.9 Å². The van der Waals surface area contributed by atoms with E-state index >= 15 is 0 Å². The number of carbonyl (C=O) groups excluding carboxylic acids is 1. The van der Waals surface area contributed by atoms with Crippen molar-refractivity contribution in [2.24, 2.45) is 4.99 Å². The van der Waals surface area contributed by atoms with E-state index in [0.29, 0.717) is 25.5 Å². The number of aliphatic imine (C=N–C) groups is 1. The van der Waals surface area contributed by atoms with Gasteiger partial charge in [0, 0.05) is 43.9 Å². The SMILES string of the molecule is CN=C(NCCC(=O)NC1CCS(=O)(=O)C1)NCCc1nc(C)c(C)s1. The molecular formula is C16H27N5O3S2. The summed E-state index contributed by atoms with van der Waals surface area (Å²) in [6, 6.07) is -0.254. The summed E-state index contributed by atoms with van der Waals surface area (Å²) in [5.74, 6) is 0.686. The van der Waals surface area contributed by atoms with Crippen LogP contribution in [0.4, 0.5) is 0 Å². The second-order valence-electron chi connectivity index (χ2n) is 6.34. The Balaban J connectivity index is 1.63. The third-order valence-electron chi connectivity index (χ3n) is 4.17. The van der Waals surface area contributed by atoms with Gasteiger partial charge in [0.05, 0.1) is 22.2 Å². The van der Waals surface area contributed by atoms with Gasteiger partial charge in [0.2, 0.25) is 5.91 Å². The highest BCUT2D eigenvalue weighted by atomic mass is 32.2. The fourth-order valence-electron chi connectivity index (χ4n) is 2.66. The molecule has 146 valence electrons. The number of hydrogen-bond donors (Lipinski definition) is 3. The molecule has 1 saturated heterocycles. The highest BCUT2D eigenvalue weighted by Gasteiger charge is 2.28. The average Bonchev–Trinajstić information content (AvgIpc) is 3.07. The first-order valence-electron chi connectivity index (χ1n) is 8.66. The van der Waals surface area contributed by atoms with Crippen LogP contribution in [0.1, 0.15) is 28.4 Å². The summed E-state index contributed by atoms with van der Waals surface area (Å²) in [6.45, 7) is 5.21. The van der Waals surface area contributed by atoms with Crippen LogP contribution >= 0.6 is 11.3 Å². The van der Waals surface area contributed by atoms with Gasteiger partial charge in [-0.2, -0.15) is 0 Å². The van der Waals surface area contributed by atoms with Gasteiger partial charge in [-0.15, -0.1) is 11.3 Å². The number of guanidine groups is 1. The van der Waals surface area contributed by atoms with Crippen LogP contribution < -0.4 is 16.0 Å². The van der Waals surface area contributed by atoms with Crippen molar-refractivity contribution < 1.29 is 13.2 Å². The second-order valence-corrected chi connectivity index (χ2v) is 9.86. The monoisotopic (exact) mass is 401 g/mol. The van der Waals surface area contributed by atoms with Crippen molar-refractivity contribution in [1.29, 1.82) is 0 Å². The third-order valence-corrected chi connectivity index (χ3v) is 7.07. The lowest BCUT2D eigenvalue weighted by molar-refractivity contribution is -0.121. The number of sulfone groups is 1. The molecule has 2 rings (SSSR count). The van der Waals surface area contributed by atoms with Crippen LogP contribution in [0.25, 0.3) is 0 Å². The van der Waals surface area contributed by atoms with Crippen LogP contribution in [-0.4, -0.2) is 63.0 Å². The molecule has 0 aliphatic carbocycles. The Morgan fingerprint density at radius 2 is 2.04 bits per heavy atom. The number of aromatic nitrogens is 1. The summed E-state index contributed by atoms with van der Waals surface area (Å²) in [5, 5.41) is 10.2. The van der Waals surface area contributed by atoms with Crippen molar-refractivity contribution in [3.63, 3.8) is 0 Å². The lowest BCUT2D eigenvalue weighted by Gasteiger charge is -2.13. The number of carbonyl (C=O) groups is 1. The fourth-order valence-corrected chi connectivity index (χ4v) is 5.26. The predicted molar refractivity (Wildman–Crippen MR) is 104 cm³/mol. The predicted octanol–water partition coefficient (Wildman–Crippen LogP) is 0.161. The Morgan fingerprint density at radius 3 is 2.62 bits per heavy atom. The van der Waals surface area contributed by atoms with E-state index in [1.807, 2.05) is 6.92 Å². The minimum Gasteiger partial charge on any atom is -0.356 e. The minimum atomic E-state index is -2.98. The topological polar surface area (TPSA) is 113 Å². The van der Waals surface area contributed by atoms with Crippen LogP contribution in [0.2, 0.25) is 0 Å². The smallest absolute Gasteiger partial charge is 0.222 e. The molecule has 1 amide bonds. The zero-order valence-electron chi connectivity index (χ0n) is 15.5. The van der Waals surface area contributed by atoms with E-state index in [1.54, 1.807) is 18.4 Å². The van der Waals surface area contributed by atoms with Gasteiger partial charge in [0.15, 0.2) is 15.8 Å². The molecular weight excluding hydrogens is 374 g/mol. The number of amides is 1. The molecule has 10 heteroatoms. The molecule has 1 unspecified atom stereocenters. The Hall–Kier alpha value is -1.68. The summed E-state index contributed by atoms with van der Waals surface area (Å²) in [6.07, 6.45) is 1.58. The molecule has 0 radical (unpaired) electrons. The lowest BCUT2D eigenvalue weighted by atomic mass is 10.2. The molecule has 0 aromatic carbocycles. The van der Waals surface area contributed by atoms with Crippen molar-refractivity contribution in [2.75, 3.05) is 31.6 Å². The molecule has 0 saturated carbocycles. The summed E-state index contributed by atoms with van der Waals surface area (Å²) >= 11 is 1.70. The van der Waals surface area contributed by atoms with Gasteiger partial charge in [-0.25, -0.2) is 13.4 Å². The molecule has 26 heavy (non-hydrogen) atoms. The Kier molecular flexibility index (Phi) is 7.39. The first-order valence-corrected chi connectivity index (χ1v) is 11.3. The van der Waals surface area contributed by atoms with Gasteiger partial charge in [-0.1, -0.05) is 0 Å². The molecule has 0 bridgehead atoms. The molecule has 1 fully saturated rings. The van der Waals surface area contributed by atoms with Crippen LogP contribution in [0.5, 0.6) is 0 Å². The molecule has 1 aromatic heterocycles. The second kappa shape index (κ2) is 9.31. The zero-order valence-corrected chi connectivity index (χ0v) is 17.1.